The fraction of sp³-hybridized carbons (Fsp3) is 0.250. The van der Waals surface area contributed by atoms with Gasteiger partial charge in [0.1, 0.15) is 0 Å². The lowest BCUT2D eigenvalue weighted by Crippen LogP contribution is -1.95. The highest BCUT2D eigenvalue weighted by Crippen LogP contribution is 2.29. The van der Waals surface area contributed by atoms with Crippen molar-refractivity contribution < 1.29 is 4.74 Å². The second-order valence-electron chi connectivity index (χ2n) is 3.72. The molecule has 2 rings (SSSR count). The van der Waals surface area contributed by atoms with E-state index in [2.05, 4.69) is 12.0 Å². The van der Waals surface area contributed by atoms with Crippen LogP contribution in [-0.4, -0.2) is 9.78 Å². The molecular formula is C12H14ClN3O. The van der Waals surface area contributed by atoms with E-state index in [4.69, 9.17) is 22.1 Å². The number of anilines is 1. The Kier molecular flexibility index (Phi) is 3.54. The number of hydrogen-bond donors (Lipinski definition) is 1. The summed E-state index contributed by atoms with van der Waals surface area (Å²) in [5.41, 5.74) is 6.35. The van der Waals surface area contributed by atoms with E-state index < -0.39 is 0 Å². The normalized spacial score (nSPS) is 10.5. The molecule has 0 aliphatic rings. The van der Waals surface area contributed by atoms with Crippen LogP contribution >= 0.6 is 11.6 Å². The van der Waals surface area contributed by atoms with Crippen molar-refractivity contribution in [1.82, 2.24) is 9.78 Å². The van der Waals surface area contributed by atoms with Crippen LogP contribution in [0, 0.1) is 0 Å². The summed E-state index contributed by atoms with van der Waals surface area (Å²) < 4.78 is 7.45. The Morgan fingerprint density at radius 2 is 2.29 bits per heavy atom. The second-order valence-corrected chi connectivity index (χ2v) is 4.16. The molecule has 17 heavy (non-hydrogen) atoms. The Balaban J connectivity index is 2.16. The standard InChI is InChI=1S/C12H14ClN3O/c1-2-5-16-8-10(7-15-16)17-12-6-9(13)3-4-11(12)14/h3-4,6-8H,2,5,14H2,1H3. The number of halogens is 1. The van der Waals surface area contributed by atoms with Gasteiger partial charge in [0.05, 0.1) is 18.1 Å². The highest BCUT2D eigenvalue weighted by atomic mass is 35.5. The molecule has 0 bridgehead atoms. The topological polar surface area (TPSA) is 53.1 Å². The van der Waals surface area contributed by atoms with Gasteiger partial charge in [-0.25, -0.2) is 0 Å². The quantitative estimate of drug-likeness (QED) is 0.848. The minimum atomic E-state index is 0.550. The Bertz CT molecular complexity index is 510. The summed E-state index contributed by atoms with van der Waals surface area (Å²) in [6, 6.07) is 5.13. The third-order valence-corrected chi connectivity index (χ3v) is 2.50. The largest absolute Gasteiger partial charge is 0.452 e. The lowest BCUT2D eigenvalue weighted by atomic mass is 10.3. The lowest BCUT2D eigenvalue weighted by molar-refractivity contribution is 0.483. The summed E-state index contributed by atoms with van der Waals surface area (Å²) in [7, 11) is 0. The number of rotatable bonds is 4. The van der Waals surface area contributed by atoms with E-state index in [-0.39, 0.29) is 0 Å². The molecule has 4 nitrogen and oxygen atoms in total. The van der Waals surface area contributed by atoms with Gasteiger partial charge in [0.15, 0.2) is 11.5 Å². The summed E-state index contributed by atoms with van der Waals surface area (Å²) in [6.45, 7) is 2.96. The number of benzene rings is 1. The number of aryl methyl sites for hydroxylation is 1. The van der Waals surface area contributed by atoms with E-state index in [0.717, 1.165) is 13.0 Å². The Morgan fingerprint density at radius 3 is 3.06 bits per heavy atom. The zero-order chi connectivity index (χ0) is 12.3. The highest BCUT2D eigenvalue weighted by molar-refractivity contribution is 6.30. The van der Waals surface area contributed by atoms with Crippen LogP contribution in [0.2, 0.25) is 5.02 Å². The maximum absolute atomic E-state index is 5.88. The van der Waals surface area contributed by atoms with Gasteiger partial charge in [0, 0.05) is 17.6 Å². The van der Waals surface area contributed by atoms with E-state index in [0.29, 0.717) is 22.2 Å². The summed E-state index contributed by atoms with van der Waals surface area (Å²) in [4.78, 5) is 0. The van der Waals surface area contributed by atoms with Gasteiger partial charge in [0.25, 0.3) is 0 Å². The zero-order valence-corrected chi connectivity index (χ0v) is 10.3. The van der Waals surface area contributed by atoms with Crippen molar-refractivity contribution in [3.8, 4) is 11.5 Å². The van der Waals surface area contributed by atoms with E-state index in [9.17, 15) is 0 Å². The monoisotopic (exact) mass is 251 g/mol. The Hall–Kier alpha value is -1.68. The average molecular weight is 252 g/mol. The molecule has 5 heteroatoms. The summed E-state index contributed by atoms with van der Waals surface area (Å²) in [5.74, 6) is 1.21. The number of ether oxygens (including phenoxy) is 1. The molecule has 0 amide bonds. The van der Waals surface area contributed by atoms with Crippen LogP contribution < -0.4 is 10.5 Å². The van der Waals surface area contributed by atoms with Gasteiger partial charge in [-0.3, -0.25) is 4.68 Å². The SMILES string of the molecule is CCCn1cc(Oc2cc(Cl)ccc2N)cn1. The molecule has 0 aliphatic heterocycles. The molecule has 1 heterocycles. The van der Waals surface area contributed by atoms with Gasteiger partial charge in [-0.1, -0.05) is 18.5 Å². The molecule has 0 aliphatic carbocycles. The third kappa shape index (κ3) is 2.91. The maximum atomic E-state index is 5.88. The first-order valence-electron chi connectivity index (χ1n) is 5.44. The van der Waals surface area contributed by atoms with Crippen LogP contribution in [-0.2, 0) is 6.54 Å². The van der Waals surface area contributed by atoms with Crippen LogP contribution in [0.25, 0.3) is 0 Å². The Labute approximate surface area is 105 Å². The van der Waals surface area contributed by atoms with Crippen molar-refractivity contribution in [2.24, 2.45) is 0 Å². The van der Waals surface area contributed by atoms with Crippen molar-refractivity contribution in [2.75, 3.05) is 5.73 Å². The minimum absolute atomic E-state index is 0.550. The molecule has 1 aromatic carbocycles. The van der Waals surface area contributed by atoms with E-state index in [1.165, 1.54) is 0 Å². The van der Waals surface area contributed by atoms with Gasteiger partial charge >= 0.3 is 0 Å². The van der Waals surface area contributed by atoms with E-state index in [1.807, 2.05) is 10.9 Å². The first-order valence-corrected chi connectivity index (χ1v) is 5.82. The number of hydrogen-bond acceptors (Lipinski definition) is 3. The fourth-order valence-corrected chi connectivity index (χ4v) is 1.63. The lowest BCUT2D eigenvalue weighted by Gasteiger charge is -2.06. The molecule has 1 aromatic heterocycles. The number of nitrogens with two attached hydrogens (primary N) is 1. The van der Waals surface area contributed by atoms with Crippen molar-refractivity contribution in [1.29, 1.82) is 0 Å². The smallest absolute Gasteiger partial charge is 0.165 e. The van der Waals surface area contributed by atoms with Gasteiger partial charge in [0.2, 0.25) is 0 Å². The molecule has 2 aromatic rings. The summed E-state index contributed by atoms with van der Waals surface area (Å²) in [5, 5.41) is 4.76. The molecule has 0 spiro atoms. The van der Waals surface area contributed by atoms with Crippen LogP contribution in [0.15, 0.2) is 30.6 Å². The molecule has 0 saturated carbocycles. The first-order chi connectivity index (χ1) is 8.19. The molecule has 0 fully saturated rings. The molecule has 0 saturated heterocycles. The van der Waals surface area contributed by atoms with E-state index in [1.54, 1.807) is 24.4 Å². The number of aromatic nitrogens is 2. The fourth-order valence-electron chi connectivity index (χ4n) is 1.47. The average Bonchev–Trinajstić information content (AvgIpc) is 2.72. The van der Waals surface area contributed by atoms with Crippen LogP contribution in [0.5, 0.6) is 11.5 Å². The van der Waals surface area contributed by atoms with Gasteiger partial charge < -0.3 is 10.5 Å². The molecule has 90 valence electrons. The minimum Gasteiger partial charge on any atom is -0.452 e. The molecular weight excluding hydrogens is 238 g/mol. The molecule has 0 atom stereocenters. The Morgan fingerprint density at radius 1 is 1.47 bits per heavy atom. The molecule has 2 N–H and O–H groups in total. The van der Waals surface area contributed by atoms with E-state index >= 15 is 0 Å². The van der Waals surface area contributed by atoms with Gasteiger partial charge in [-0.05, 0) is 18.6 Å². The number of nitrogen functional groups attached to an aromatic ring is 1. The van der Waals surface area contributed by atoms with Crippen LogP contribution in [0.4, 0.5) is 5.69 Å². The molecule has 0 unspecified atom stereocenters. The maximum Gasteiger partial charge on any atom is 0.165 e. The third-order valence-electron chi connectivity index (χ3n) is 2.27. The highest BCUT2D eigenvalue weighted by Gasteiger charge is 2.05. The van der Waals surface area contributed by atoms with Crippen molar-refractivity contribution in [2.45, 2.75) is 19.9 Å². The van der Waals surface area contributed by atoms with Crippen LogP contribution in [0.3, 0.4) is 0 Å². The second kappa shape index (κ2) is 5.10. The first kappa shape index (κ1) is 11.8. The number of nitrogens with zero attached hydrogens (tertiary/aromatic N) is 2. The molecule has 0 radical (unpaired) electrons. The summed E-state index contributed by atoms with van der Waals surface area (Å²) >= 11 is 5.88. The summed E-state index contributed by atoms with van der Waals surface area (Å²) in [6.07, 6.45) is 4.53. The predicted octanol–water partition coefficient (Wildman–Crippen LogP) is 3.32. The zero-order valence-electron chi connectivity index (χ0n) is 9.56. The van der Waals surface area contributed by atoms with Crippen molar-refractivity contribution in [3.05, 3.63) is 35.6 Å². The van der Waals surface area contributed by atoms with Gasteiger partial charge in [-0.2, -0.15) is 5.10 Å². The van der Waals surface area contributed by atoms with Crippen molar-refractivity contribution >= 4 is 17.3 Å². The van der Waals surface area contributed by atoms with Crippen LogP contribution in [0.1, 0.15) is 13.3 Å². The predicted molar refractivity (Wildman–Crippen MR) is 68.5 cm³/mol. The van der Waals surface area contributed by atoms with Crippen molar-refractivity contribution in [3.63, 3.8) is 0 Å². The van der Waals surface area contributed by atoms with Gasteiger partial charge in [-0.15, -0.1) is 0 Å².